The van der Waals surface area contributed by atoms with Crippen molar-refractivity contribution in [2.45, 2.75) is 50.7 Å². The van der Waals surface area contributed by atoms with E-state index < -0.39 is 0 Å². The van der Waals surface area contributed by atoms with Gasteiger partial charge in [0.25, 0.3) is 0 Å². The lowest BCUT2D eigenvalue weighted by Gasteiger charge is -2.25. The number of hydrogen-bond acceptors (Lipinski definition) is 3. The predicted molar refractivity (Wildman–Crippen MR) is 77.2 cm³/mol. The van der Waals surface area contributed by atoms with Gasteiger partial charge in [0.05, 0.1) is 23.5 Å². The number of carbonyl (C=O) groups is 2. The summed E-state index contributed by atoms with van der Waals surface area (Å²) in [5.74, 6) is 0.405. The van der Waals surface area contributed by atoms with Crippen LogP contribution in [-0.2, 0) is 14.3 Å². The van der Waals surface area contributed by atoms with Gasteiger partial charge in [-0.05, 0) is 12.8 Å². The molecular weight excluding hydrogens is 266 g/mol. The first-order chi connectivity index (χ1) is 10.2. The maximum atomic E-state index is 12.6. The zero-order chi connectivity index (χ0) is 14.8. The molecule has 2 aliphatic heterocycles. The minimum atomic E-state index is -0.108. The molecule has 2 saturated carbocycles. The fraction of sp³-hybridized carbons (Fsp3) is 0.765. The Morgan fingerprint density at radius 2 is 2.10 bits per heavy atom. The number of fused-ring (bicyclic) bond motifs is 8. The molecule has 6 atom stereocenters. The summed E-state index contributed by atoms with van der Waals surface area (Å²) in [4.78, 5) is 26.5. The zero-order valence-electron chi connectivity index (χ0n) is 12.6. The molecule has 4 rings (SSSR count). The third-order valence-electron chi connectivity index (χ3n) is 6.18. The van der Waals surface area contributed by atoms with E-state index in [1.54, 1.807) is 6.08 Å². The summed E-state index contributed by atoms with van der Waals surface area (Å²) in [6.07, 6.45) is 7.58. The van der Waals surface area contributed by atoms with Gasteiger partial charge in [-0.2, -0.15) is 0 Å². The molecular formula is C17H23NO3. The van der Waals surface area contributed by atoms with Gasteiger partial charge < -0.3 is 4.74 Å². The summed E-state index contributed by atoms with van der Waals surface area (Å²) in [6, 6.07) is 0. The monoisotopic (exact) mass is 289 g/mol. The minimum Gasteiger partial charge on any atom is -0.365 e. The van der Waals surface area contributed by atoms with Crippen LogP contribution in [0.2, 0.25) is 0 Å². The molecule has 0 radical (unpaired) electrons. The van der Waals surface area contributed by atoms with Crippen molar-refractivity contribution in [2.24, 2.45) is 23.7 Å². The second kappa shape index (κ2) is 4.42. The first-order valence-corrected chi connectivity index (χ1v) is 8.29. The van der Waals surface area contributed by atoms with Gasteiger partial charge in [-0.3, -0.25) is 14.5 Å². The molecule has 2 bridgehead atoms. The zero-order valence-corrected chi connectivity index (χ0v) is 12.6. The summed E-state index contributed by atoms with van der Waals surface area (Å²) in [5.41, 5.74) is -0.0544. The van der Waals surface area contributed by atoms with Crippen LogP contribution in [0.25, 0.3) is 0 Å². The molecule has 2 saturated heterocycles. The molecule has 0 N–H and O–H groups in total. The van der Waals surface area contributed by atoms with Gasteiger partial charge in [0.2, 0.25) is 11.8 Å². The molecule has 4 fully saturated rings. The van der Waals surface area contributed by atoms with Crippen LogP contribution in [-0.4, -0.2) is 35.0 Å². The van der Waals surface area contributed by atoms with E-state index in [0.29, 0.717) is 6.54 Å². The lowest BCUT2D eigenvalue weighted by Crippen LogP contribution is -2.37. The van der Waals surface area contributed by atoms with Crippen LogP contribution in [0, 0.1) is 23.7 Å². The number of nitrogens with zero attached hydrogens (tertiary/aromatic N) is 1. The molecule has 6 unspecified atom stereocenters. The highest BCUT2D eigenvalue weighted by Crippen LogP contribution is 2.71. The van der Waals surface area contributed by atoms with Crippen molar-refractivity contribution in [1.82, 2.24) is 4.90 Å². The Bertz CT molecular complexity index is 516. The lowest BCUT2D eigenvalue weighted by atomic mass is 9.73. The van der Waals surface area contributed by atoms with Gasteiger partial charge in [0, 0.05) is 18.4 Å². The van der Waals surface area contributed by atoms with E-state index in [9.17, 15) is 9.59 Å². The summed E-state index contributed by atoms with van der Waals surface area (Å²) in [6.45, 7) is 6.22. The molecule has 4 aliphatic rings. The number of amides is 2. The van der Waals surface area contributed by atoms with Crippen molar-refractivity contribution in [1.29, 1.82) is 0 Å². The average molecular weight is 289 g/mol. The van der Waals surface area contributed by atoms with Crippen LogP contribution in [0.1, 0.15) is 39.0 Å². The summed E-state index contributed by atoms with van der Waals surface area (Å²) in [7, 11) is 0. The Morgan fingerprint density at radius 3 is 2.81 bits per heavy atom. The molecule has 2 aliphatic carbocycles. The van der Waals surface area contributed by atoms with Gasteiger partial charge in [0.15, 0.2) is 0 Å². The number of hydrogen-bond donors (Lipinski definition) is 0. The third-order valence-corrected chi connectivity index (χ3v) is 6.18. The van der Waals surface area contributed by atoms with Crippen LogP contribution < -0.4 is 0 Å². The Morgan fingerprint density at radius 1 is 1.33 bits per heavy atom. The van der Waals surface area contributed by atoms with E-state index in [4.69, 9.17) is 4.74 Å². The van der Waals surface area contributed by atoms with Gasteiger partial charge in [-0.15, -0.1) is 6.58 Å². The number of carbonyl (C=O) groups excluding carboxylic acids is 2. The Kier molecular flexibility index (Phi) is 2.84. The smallest absolute Gasteiger partial charge is 0.233 e. The highest BCUT2D eigenvalue weighted by atomic mass is 16.6. The minimum absolute atomic E-state index is 0.0232. The molecule has 0 aromatic heterocycles. The summed E-state index contributed by atoms with van der Waals surface area (Å²) in [5, 5.41) is 0. The second-order valence-electron chi connectivity index (χ2n) is 7.08. The highest BCUT2D eigenvalue weighted by Gasteiger charge is 2.80. The Balaban J connectivity index is 1.56. The van der Waals surface area contributed by atoms with E-state index in [1.165, 1.54) is 24.2 Å². The van der Waals surface area contributed by atoms with Crippen LogP contribution in [0.15, 0.2) is 12.7 Å². The highest BCUT2D eigenvalue weighted by molar-refractivity contribution is 6.06. The van der Waals surface area contributed by atoms with Crippen molar-refractivity contribution in [3.05, 3.63) is 12.7 Å². The van der Waals surface area contributed by atoms with Gasteiger partial charge in [-0.1, -0.05) is 32.3 Å². The summed E-state index contributed by atoms with van der Waals surface area (Å²) < 4.78 is 6.06. The fourth-order valence-electron chi connectivity index (χ4n) is 5.35. The van der Waals surface area contributed by atoms with Crippen LogP contribution in [0.5, 0.6) is 0 Å². The molecule has 4 nitrogen and oxygen atoms in total. The third kappa shape index (κ3) is 1.54. The van der Waals surface area contributed by atoms with Crippen molar-refractivity contribution in [3.63, 3.8) is 0 Å². The number of epoxide rings is 1. The predicted octanol–water partition coefficient (Wildman–Crippen LogP) is 2.14. The van der Waals surface area contributed by atoms with E-state index in [-0.39, 0.29) is 47.2 Å². The molecule has 4 heteroatoms. The number of rotatable bonds is 6. The topological polar surface area (TPSA) is 49.9 Å². The quantitative estimate of drug-likeness (QED) is 0.326. The molecule has 2 amide bonds. The van der Waals surface area contributed by atoms with Crippen molar-refractivity contribution >= 4 is 11.8 Å². The van der Waals surface area contributed by atoms with E-state index >= 15 is 0 Å². The van der Waals surface area contributed by atoms with Gasteiger partial charge >= 0.3 is 0 Å². The number of likely N-dealkylation sites (tertiary alicyclic amines) is 1. The average Bonchev–Trinajstić information content (AvgIpc) is 2.86. The molecule has 114 valence electrons. The lowest BCUT2D eigenvalue weighted by molar-refractivity contribution is -0.140. The molecule has 0 aromatic carbocycles. The first kappa shape index (κ1) is 13.5. The van der Waals surface area contributed by atoms with Crippen molar-refractivity contribution < 1.29 is 14.3 Å². The van der Waals surface area contributed by atoms with E-state index in [1.807, 2.05) is 0 Å². The normalized spacial score (nSPS) is 46.0. The van der Waals surface area contributed by atoms with Crippen molar-refractivity contribution in [2.75, 3.05) is 6.54 Å². The maximum Gasteiger partial charge on any atom is 0.233 e. The second-order valence-corrected chi connectivity index (χ2v) is 7.08. The molecule has 21 heavy (non-hydrogen) atoms. The number of imide groups is 1. The van der Waals surface area contributed by atoms with Gasteiger partial charge in [0.1, 0.15) is 0 Å². The standard InChI is InChI=1S/C17H23NO3/c1-3-5-6-7-17-11-9-10(14(17)21-17)12-13(11)16(20)18(8-4-2)15(12)19/h4,10-14H,2-3,5-9H2,1H3. The van der Waals surface area contributed by atoms with E-state index in [0.717, 1.165) is 12.8 Å². The Hall–Kier alpha value is -1.16. The van der Waals surface area contributed by atoms with Gasteiger partial charge in [-0.25, -0.2) is 0 Å². The fourth-order valence-corrected chi connectivity index (χ4v) is 5.35. The molecule has 0 aromatic rings. The maximum absolute atomic E-state index is 12.6. The Labute approximate surface area is 125 Å². The van der Waals surface area contributed by atoms with Crippen LogP contribution in [0.4, 0.5) is 0 Å². The number of ether oxygens (including phenoxy) is 1. The number of unbranched alkanes of at least 4 members (excludes halogenated alkanes) is 2. The molecule has 2 heterocycles. The first-order valence-electron chi connectivity index (χ1n) is 8.29. The van der Waals surface area contributed by atoms with Crippen LogP contribution >= 0.6 is 0 Å². The SMILES string of the molecule is C=CCN1C(=O)C2C3CC(C2C1=O)C1(CCCCC)OC31. The van der Waals surface area contributed by atoms with Crippen molar-refractivity contribution in [3.8, 4) is 0 Å². The van der Waals surface area contributed by atoms with Crippen LogP contribution in [0.3, 0.4) is 0 Å². The summed E-state index contributed by atoms with van der Waals surface area (Å²) >= 11 is 0. The van der Waals surface area contributed by atoms with E-state index in [2.05, 4.69) is 13.5 Å². The molecule has 0 spiro atoms. The largest absolute Gasteiger partial charge is 0.365 e.